The summed E-state index contributed by atoms with van der Waals surface area (Å²) in [6, 6.07) is 7.81. The fourth-order valence-electron chi connectivity index (χ4n) is 1.64. The molecule has 0 radical (unpaired) electrons. The standard InChI is InChI=1S/C13H11BrClN/c1-9(2)11-7-10(15)8-12(14)13(11)16-5-3-4-6-16/h3-8H,1H2,2H3. The summed E-state index contributed by atoms with van der Waals surface area (Å²) in [7, 11) is 0. The summed E-state index contributed by atoms with van der Waals surface area (Å²) in [6.45, 7) is 5.96. The zero-order valence-corrected chi connectivity index (χ0v) is 11.2. The van der Waals surface area contributed by atoms with Crippen molar-refractivity contribution < 1.29 is 0 Å². The Bertz CT molecular complexity index is 529. The average Bonchev–Trinajstić information content (AvgIpc) is 2.69. The van der Waals surface area contributed by atoms with Crippen LogP contribution in [0.15, 0.2) is 47.7 Å². The van der Waals surface area contributed by atoms with Gasteiger partial charge >= 0.3 is 0 Å². The number of rotatable bonds is 2. The van der Waals surface area contributed by atoms with Crippen molar-refractivity contribution in [2.45, 2.75) is 6.92 Å². The zero-order valence-electron chi connectivity index (χ0n) is 8.87. The molecule has 0 fully saturated rings. The molecular formula is C13H11BrClN. The number of allylic oxidation sites excluding steroid dienone is 1. The van der Waals surface area contributed by atoms with Gasteiger partial charge in [0.1, 0.15) is 0 Å². The first-order valence-corrected chi connectivity index (χ1v) is 6.05. The van der Waals surface area contributed by atoms with Crippen LogP contribution in [0.25, 0.3) is 11.3 Å². The lowest BCUT2D eigenvalue weighted by molar-refractivity contribution is 1.06. The highest BCUT2D eigenvalue weighted by molar-refractivity contribution is 9.10. The smallest absolute Gasteiger partial charge is 0.0668 e. The lowest BCUT2D eigenvalue weighted by Crippen LogP contribution is -1.97. The summed E-state index contributed by atoms with van der Waals surface area (Å²) in [5.74, 6) is 0. The molecule has 2 aromatic rings. The molecule has 0 N–H and O–H groups in total. The molecule has 1 aromatic carbocycles. The van der Waals surface area contributed by atoms with Crippen LogP contribution in [-0.4, -0.2) is 4.57 Å². The van der Waals surface area contributed by atoms with Gasteiger partial charge in [-0.15, -0.1) is 0 Å². The second kappa shape index (κ2) is 4.48. The highest BCUT2D eigenvalue weighted by Crippen LogP contribution is 2.32. The molecule has 1 nitrogen and oxygen atoms in total. The highest BCUT2D eigenvalue weighted by atomic mass is 79.9. The van der Waals surface area contributed by atoms with Crippen LogP contribution in [0.2, 0.25) is 5.02 Å². The predicted octanol–water partition coefficient (Wildman–Crippen LogP) is 4.93. The van der Waals surface area contributed by atoms with E-state index in [4.69, 9.17) is 11.6 Å². The van der Waals surface area contributed by atoms with Gasteiger partial charge in [0, 0.05) is 27.5 Å². The second-order valence-corrected chi connectivity index (χ2v) is 4.95. The molecule has 16 heavy (non-hydrogen) atoms. The molecule has 3 heteroatoms. The van der Waals surface area contributed by atoms with Gasteiger partial charge in [-0.25, -0.2) is 0 Å². The monoisotopic (exact) mass is 295 g/mol. The Labute approximate surface area is 108 Å². The average molecular weight is 297 g/mol. The van der Waals surface area contributed by atoms with Gasteiger partial charge in [-0.05, 0) is 52.7 Å². The quantitative estimate of drug-likeness (QED) is 0.741. The number of hydrogen-bond donors (Lipinski definition) is 0. The first-order chi connectivity index (χ1) is 7.59. The molecule has 0 aliphatic heterocycles. The molecule has 0 saturated heterocycles. The van der Waals surface area contributed by atoms with Gasteiger partial charge in [-0.1, -0.05) is 18.2 Å². The maximum Gasteiger partial charge on any atom is 0.0668 e. The summed E-state index contributed by atoms with van der Waals surface area (Å²) in [5, 5.41) is 0.709. The van der Waals surface area contributed by atoms with E-state index in [-0.39, 0.29) is 0 Å². The first kappa shape index (κ1) is 11.5. The second-order valence-electron chi connectivity index (χ2n) is 3.65. The summed E-state index contributed by atoms with van der Waals surface area (Å²) in [4.78, 5) is 0. The van der Waals surface area contributed by atoms with E-state index in [1.807, 2.05) is 48.1 Å². The van der Waals surface area contributed by atoms with Crippen LogP contribution in [0.3, 0.4) is 0 Å². The Hall–Kier alpha value is -0.990. The minimum atomic E-state index is 0.709. The van der Waals surface area contributed by atoms with E-state index < -0.39 is 0 Å². The maximum absolute atomic E-state index is 6.05. The van der Waals surface area contributed by atoms with Crippen molar-refractivity contribution in [1.29, 1.82) is 0 Å². The van der Waals surface area contributed by atoms with E-state index in [2.05, 4.69) is 22.5 Å². The predicted molar refractivity (Wildman–Crippen MR) is 73.2 cm³/mol. The highest BCUT2D eigenvalue weighted by Gasteiger charge is 2.10. The topological polar surface area (TPSA) is 4.93 Å². The Balaban J connectivity index is 2.72. The molecule has 82 valence electrons. The van der Waals surface area contributed by atoms with E-state index in [0.717, 1.165) is 21.3 Å². The summed E-state index contributed by atoms with van der Waals surface area (Å²) in [5.41, 5.74) is 3.12. The molecule has 0 spiro atoms. The molecular weight excluding hydrogens is 286 g/mol. The van der Waals surface area contributed by atoms with Crippen LogP contribution in [0.1, 0.15) is 12.5 Å². The Morgan fingerprint density at radius 2 is 1.94 bits per heavy atom. The van der Waals surface area contributed by atoms with Crippen molar-refractivity contribution in [2.75, 3.05) is 0 Å². The fraction of sp³-hybridized carbons (Fsp3) is 0.0769. The third-order valence-electron chi connectivity index (χ3n) is 2.35. The van der Waals surface area contributed by atoms with Crippen molar-refractivity contribution >= 4 is 33.1 Å². The largest absolute Gasteiger partial charge is 0.322 e. The van der Waals surface area contributed by atoms with Crippen LogP contribution in [0.5, 0.6) is 0 Å². The van der Waals surface area contributed by atoms with Crippen molar-refractivity contribution in [2.24, 2.45) is 0 Å². The Morgan fingerprint density at radius 3 is 2.50 bits per heavy atom. The van der Waals surface area contributed by atoms with Gasteiger partial charge in [0.25, 0.3) is 0 Å². The third-order valence-corrected chi connectivity index (χ3v) is 3.17. The maximum atomic E-state index is 6.05. The number of halogens is 2. The molecule has 0 aliphatic rings. The summed E-state index contributed by atoms with van der Waals surface area (Å²) in [6.07, 6.45) is 4.00. The number of hydrogen-bond acceptors (Lipinski definition) is 0. The molecule has 0 unspecified atom stereocenters. The number of benzene rings is 1. The van der Waals surface area contributed by atoms with Crippen molar-refractivity contribution in [3.05, 3.63) is 58.3 Å². The van der Waals surface area contributed by atoms with Crippen LogP contribution in [0.4, 0.5) is 0 Å². The van der Waals surface area contributed by atoms with Gasteiger partial charge < -0.3 is 4.57 Å². The minimum Gasteiger partial charge on any atom is -0.322 e. The molecule has 0 bridgehead atoms. The van der Waals surface area contributed by atoms with E-state index >= 15 is 0 Å². The number of nitrogens with zero attached hydrogens (tertiary/aromatic N) is 1. The molecule has 0 amide bonds. The fourth-order valence-corrected chi connectivity index (χ4v) is 2.65. The van der Waals surface area contributed by atoms with E-state index in [0.29, 0.717) is 5.02 Å². The van der Waals surface area contributed by atoms with Crippen molar-refractivity contribution in [3.8, 4) is 5.69 Å². The van der Waals surface area contributed by atoms with E-state index in [1.165, 1.54) is 0 Å². The van der Waals surface area contributed by atoms with Gasteiger partial charge in [0.2, 0.25) is 0 Å². The molecule has 0 aliphatic carbocycles. The summed E-state index contributed by atoms with van der Waals surface area (Å²) < 4.78 is 3.01. The minimum absolute atomic E-state index is 0.709. The molecule has 2 rings (SSSR count). The Morgan fingerprint density at radius 1 is 1.31 bits per heavy atom. The number of aromatic nitrogens is 1. The van der Waals surface area contributed by atoms with Crippen LogP contribution < -0.4 is 0 Å². The zero-order chi connectivity index (χ0) is 11.7. The van der Waals surface area contributed by atoms with Crippen molar-refractivity contribution in [3.63, 3.8) is 0 Å². The molecule has 1 heterocycles. The van der Waals surface area contributed by atoms with Crippen LogP contribution in [0, 0.1) is 0 Å². The van der Waals surface area contributed by atoms with E-state index in [9.17, 15) is 0 Å². The SMILES string of the molecule is C=C(C)c1cc(Cl)cc(Br)c1-n1cccc1. The van der Waals surface area contributed by atoms with E-state index in [1.54, 1.807) is 0 Å². The third kappa shape index (κ3) is 2.08. The molecule has 0 atom stereocenters. The Kier molecular flexibility index (Phi) is 3.22. The normalized spacial score (nSPS) is 10.4. The first-order valence-electron chi connectivity index (χ1n) is 4.88. The van der Waals surface area contributed by atoms with Crippen LogP contribution in [-0.2, 0) is 0 Å². The van der Waals surface area contributed by atoms with Crippen LogP contribution >= 0.6 is 27.5 Å². The lowest BCUT2D eigenvalue weighted by Gasteiger charge is -2.13. The van der Waals surface area contributed by atoms with Gasteiger partial charge in [0.05, 0.1) is 5.69 Å². The lowest BCUT2D eigenvalue weighted by atomic mass is 10.1. The van der Waals surface area contributed by atoms with Gasteiger partial charge in [-0.3, -0.25) is 0 Å². The van der Waals surface area contributed by atoms with Gasteiger partial charge in [0.15, 0.2) is 0 Å². The molecule has 1 aromatic heterocycles. The summed E-state index contributed by atoms with van der Waals surface area (Å²) >= 11 is 9.59. The van der Waals surface area contributed by atoms with Gasteiger partial charge in [-0.2, -0.15) is 0 Å². The van der Waals surface area contributed by atoms with Crippen molar-refractivity contribution in [1.82, 2.24) is 4.57 Å². The molecule has 0 saturated carbocycles.